The molecule has 0 saturated heterocycles. The summed E-state index contributed by atoms with van der Waals surface area (Å²) >= 11 is 5.83. The normalized spacial score (nSPS) is 11.4. The molecule has 0 aliphatic rings. The molecule has 2 N–H and O–H groups in total. The van der Waals surface area contributed by atoms with Crippen molar-refractivity contribution in [1.29, 1.82) is 0 Å². The fourth-order valence-corrected chi connectivity index (χ4v) is 3.28. The summed E-state index contributed by atoms with van der Waals surface area (Å²) in [6.45, 7) is -0.447. The zero-order valence-corrected chi connectivity index (χ0v) is 17.3. The van der Waals surface area contributed by atoms with Gasteiger partial charge in [0.1, 0.15) is 5.82 Å². The number of rotatable bonds is 6. The highest BCUT2D eigenvalue weighted by atomic mass is 35.5. The zero-order valence-electron chi connectivity index (χ0n) is 16.5. The molecule has 168 valence electrons. The lowest BCUT2D eigenvalue weighted by molar-refractivity contribution is -0.144. The number of hydrogen-bond acceptors (Lipinski definition) is 3. The molecule has 32 heavy (non-hydrogen) atoms. The van der Waals surface area contributed by atoms with Crippen molar-refractivity contribution in [2.45, 2.75) is 19.1 Å². The number of nitrogens with zero attached hydrogens (tertiary/aromatic N) is 2. The van der Waals surface area contributed by atoms with Crippen LogP contribution in [0.25, 0.3) is 0 Å². The lowest BCUT2D eigenvalue weighted by Crippen LogP contribution is -2.27. The van der Waals surface area contributed by atoms with Crippen LogP contribution in [0.1, 0.15) is 43.2 Å². The van der Waals surface area contributed by atoms with Crippen LogP contribution >= 0.6 is 11.6 Å². The van der Waals surface area contributed by atoms with E-state index in [-0.39, 0.29) is 23.2 Å². The van der Waals surface area contributed by atoms with Crippen molar-refractivity contribution in [3.8, 4) is 0 Å². The third-order valence-electron chi connectivity index (χ3n) is 4.64. The SMILES string of the molecule is Cn1nc(Cc2ccc(Cl)cc2)c(C(=O)NCc2ccc(C(=O)O)cc2F)c1C(F)(F)F. The first-order valence-electron chi connectivity index (χ1n) is 9.14. The number of aromatic nitrogens is 2. The van der Waals surface area contributed by atoms with Gasteiger partial charge in [-0.05, 0) is 29.8 Å². The Hall–Kier alpha value is -3.40. The van der Waals surface area contributed by atoms with E-state index in [9.17, 15) is 27.2 Å². The molecule has 2 aromatic carbocycles. The standard InChI is InChI=1S/C21H16ClF4N3O3/c1-29-18(21(24,25)26)17(16(28-29)8-11-2-6-14(22)7-3-11)19(30)27-10-13-5-4-12(20(31)32)9-15(13)23/h2-7,9H,8,10H2,1H3,(H,27,30)(H,31,32). The van der Waals surface area contributed by atoms with Gasteiger partial charge in [0.2, 0.25) is 0 Å². The van der Waals surface area contributed by atoms with Gasteiger partial charge in [0.25, 0.3) is 5.91 Å². The molecular weight excluding hydrogens is 454 g/mol. The average Bonchev–Trinajstić information content (AvgIpc) is 3.04. The summed E-state index contributed by atoms with van der Waals surface area (Å²) in [5.74, 6) is -3.33. The van der Waals surface area contributed by atoms with E-state index in [0.29, 0.717) is 15.3 Å². The quantitative estimate of drug-likeness (QED) is 0.522. The van der Waals surface area contributed by atoms with Crippen molar-refractivity contribution in [2.75, 3.05) is 0 Å². The highest BCUT2D eigenvalue weighted by molar-refractivity contribution is 6.30. The summed E-state index contributed by atoms with van der Waals surface area (Å²) in [6, 6.07) is 9.37. The van der Waals surface area contributed by atoms with E-state index in [0.717, 1.165) is 25.2 Å². The number of halogens is 5. The molecule has 1 heterocycles. The van der Waals surface area contributed by atoms with Crippen LogP contribution < -0.4 is 5.32 Å². The van der Waals surface area contributed by atoms with Gasteiger partial charge in [0.15, 0.2) is 5.69 Å². The molecule has 3 aromatic rings. The van der Waals surface area contributed by atoms with Gasteiger partial charge < -0.3 is 10.4 Å². The second kappa shape index (κ2) is 8.99. The van der Waals surface area contributed by atoms with E-state index in [1.54, 1.807) is 24.3 Å². The van der Waals surface area contributed by atoms with Gasteiger partial charge in [-0.25, -0.2) is 9.18 Å². The van der Waals surface area contributed by atoms with Crippen LogP contribution in [0.2, 0.25) is 5.02 Å². The molecule has 3 rings (SSSR count). The number of hydrogen-bond donors (Lipinski definition) is 2. The summed E-state index contributed by atoms with van der Waals surface area (Å²) < 4.78 is 55.6. The topological polar surface area (TPSA) is 84.2 Å². The lowest BCUT2D eigenvalue weighted by atomic mass is 10.0. The van der Waals surface area contributed by atoms with E-state index in [4.69, 9.17) is 16.7 Å². The van der Waals surface area contributed by atoms with E-state index in [2.05, 4.69) is 10.4 Å². The van der Waals surface area contributed by atoms with Gasteiger partial charge in [0.05, 0.1) is 16.8 Å². The smallest absolute Gasteiger partial charge is 0.433 e. The molecule has 0 bridgehead atoms. The largest absolute Gasteiger partial charge is 0.478 e. The number of alkyl halides is 3. The lowest BCUT2D eigenvalue weighted by Gasteiger charge is -2.12. The Morgan fingerprint density at radius 1 is 1.16 bits per heavy atom. The molecule has 0 radical (unpaired) electrons. The minimum atomic E-state index is -4.86. The number of amides is 1. The van der Waals surface area contributed by atoms with Crippen LogP contribution in [0.15, 0.2) is 42.5 Å². The van der Waals surface area contributed by atoms with Crippen LogP contribution in [-0.4, -0.2) is 26.8 Å². The van der Waals surface area contributed by atoms with E-state index in [1.807, 2.05) is 0 Å². The number of carbonyl (C=O) groups is 2. The highest BCUT2D eigenvalue weighted by Gasteiger charge is 2.41. The van der Waals surface area contributed by atoms with Gasteiger partial charge in [-0.1, -0.05) is 29.8 Å². The Morgan fingerprint density at radius 2 is 1.81 bits per heavy atom. The van der Waals surface area contributed by atoms with Gasteiger partial charge in [-0.15, -0.1) is 0 Å². The van der Waals surface area contributed by atoms with Crippen molar-refractivity contribution in [3.05, 3.63) is 86.9 Å². The van der Waals surface area contributed by atoms with Gasteiger partial charge in [-0.2, -0.15) is 18.3 Å². The summed E-state index contributed by atoms with van der Waals surface area (Å²) in [5, 5.41) is 15.5. The first-order chi connectivity index (χ1) is 15.0. The molecule has 0 unspecified atom stereocenters. The minimum absolute atomic E-state index is 0.0640. The molecule has 1 aromatic heterocycles. The number of carboxylic acids is 1. The predicted octanol–water partition coefficient (Wildman–Crippen LogP) is 4.45. The van der Waals surface area contributed by atoms with Crippen molar-refractivity contribution in [2.24, 2.45) is 7.05 Å². The van der Waals surface area contributed by atoms with Crippen LogP contribution in [0, 0.1) is 5.82 Å². The predicted molar refractivity (Wildman–Crippen MR) is 107 cm³/mol. The molecule has 0 spiro atoms. The van der Waals surface area contributed by atoms with E-state index in [1.165, 1.54) is 0 Å². The first-order valence-corrected chi connectivity index (χ1v) is 9.52. The third kappa shape index (κ3) is 5.08. The maximum atomic E-state index is 14.1. The highest BCUT2D eigenvalue weighted by Crippen LogP contribution is 2.34. The molecule has 0 aliphatic carbocycles. The molecule has 0 fully saturated rings. The first kappa shape index (κ1) is 23.3. The fourth-order valence-electron chi connectivity index (χ4n) is 3.15. The molecular formula is C21H16ClF4N3O3. The maximum Gasteiger partial charge on any atom is 0.433 e. The molecule has 0 aliphatic heterocycles. The molecule has 0 atom stereocenters. The van der Waals surface area contributed by atoms with E-state index < -0.39 is 41.7 Å². The van der Waals surface area contributed by atoms with Crippen molar-refractivity contribution >= 4 is 23.5 Å². The summed E-state index contributed by atoms with van der Waals surface area (Å²) in [7, 11) is 1.08. The second-order valence-corrected chi connectivity index (χ2v) is 7.33. The number of carbonyl (C=O) groups excluding carboxylic acids is 1. The summed E-state index contributed by atoms with van der Waals surface area (Å²) in [6.07, 6.45) is -4.92. The van der Waals surface area contributed by atoms with Crippen LogP contribution in [0.4, 0.5) is 17.6 Å². The Balaban J connectivity index is 1.91. The summed E-state index contributed by atoms with van der Waals surface area (Å²) in [4.78, 5) is 23.6. The summed E-state index contributed by atoms with van der Waals surface area (Å²) in [5.41, 5.74) is -1.81. The Morgan fingerprint density at radius 3 is 2.38 bits per heavy atom. The van der Waals surface area contributed by atoms with E-state index >= 15 is 0 Å². The Labute approximate surface area is 184 Å². The van der Waals surface area contributed by atoms with Gasteiger partial charge in [-0.3, -0.25) is 9.48 Å². The van der Waals surface area contributed by atoms with Crippen LogP contribution in [-0.2, 0) is 26.2 Å². The molecule has 6 nitrogen and oxygen atoms in total. The minimum Gasteiger partial charge on any atom is -0.478 e. The number of benzene rings is 2. The number of aromatic carboxylic acids is 1. The fraction of sp³-hybridized carbons (Fsp3) is 0.190. The van der Waals surface area contributed by atoms with Gasteiger partial charge >= 0.3 is 12.1 Å². The van der Waals surface area contributed by atoms with Crippen LogP contribution in [0.5, 0.6) is 0 Å². The monoisotopic (exact) mass is 469 g/mol. The maximum absolute atomic E-state index is 14.1. The number of carboxylic acid groups (broad SMARTS) is 1. The molecule has 1 amide bonds. The molecule has 11 heteroatoms. The number of nitrogens with one attached hydrogen (secondary N) is 1. The average molecular weight is 470 g/mol. The van der Waals surface area contributed by atoms with Crippen LogP contribution in [0.3, 0.4) is 0 Å². The molecule has 0 saturated carbocycles. The second-order valence-electron chi connectivity index (χ2n) is 6.89. The van der Waals surface area contributed by atoms with Crippen molar-refractivity contribution in [3.63, 3.8) is 0 Å². The zero-order chi connectivity index (χ0) is 23.6. The Kier molecular flexibility index (Phi) is 6.54. The van der Waals surface area contributed by atoms with Crippen molar-refractivity contribution in [1.82, 2.24) is 15.1 Å². The van der Waals surface area contributed by atoms with Gasteiger partial charge in [0, 0.05) is 30.6 Å². The third-order valence-corrected chi connectivity index (χ3v) is 4.89. The van der Waals surface area contributed by atoms with Crippen molar-refractivity contribution < 1.29 is 32.3 Å². The number of aryl methyl sites for hydroxylation is 1. The Bertz CT molecular complexity index is 1170.